The van der Waals surface area contributed by atoms with E-state index in [0.717, 1.165) is 12.8 Å². The third-order valence-corrected chi connectivity index (χ3v) is 5.61. The molecule has 2 aliphatic rings. The molecule has 0 aromatic rings. The van der Waals surface area contributed by atoms with E-state index < -0.39 is 24.3 Å². The van der Waals surface area contributed by atoms with Crippen LogP contribution in [0.2, 0.25) is 0 Å². The van der Waals surface area contributed by atoms with E-state index in [9.17, 15) is 22.8 Å². The highest BCUT2D eigenvalue weighted by Gasteiger charge is 2.62. The van der Waals surface area contributed by atoms with Crippen molar-refractivity contribution < 1.29 is 27.5 Å². The highest BCUT2D eigenvalue weighted by atomic mass is 19.4. The number of hydrogen-bond acceptors (Lipinski definition) is 3. The summed E-state index contributed by atoms with van der Waals surface area (Å²) >= 11 is 0. The summed E-state index contributed by atoms with van der Waals surface area (Å²) in [5.74, 6) is -2.69. The molecule has 0 aromatic carbocycles. The molecule has 0 amide bonds. The molecule has 2 aliphatic carbocycles. The number of esters is 1. The molecule has 3 nitrogen and oxygen atoms in total. The fraction of sp³-hybridized carbons (Fsp3) is 0.857. The van der Waals surface area contributed by atoms with Crippen LogP contribution in [0, 0.1) is 16.7 Å². The topological polar surface area (TPSA) is 43.4 Å². The van der Waals surface area contributed by atoms with Gasteiger partial charge in [-0.25, -0.2) is 0 Å². The van der Waals surface area contributed by atoms with E-state index in [1.807, 2.05) is 6.92 Å². The predicted octanol–water partition coefficient (Wildman–Crippen LogP) is 3.27. The Morgan fingerprint density at radius 1 is 1.25 bits per heavy atom. The van der Waals surface area contributed by atoms with Gasteiger partial charge in [0, 0.05) is 5.41 Å². The van der Waals surface area contributed by atoms with Gasteiger partial charge in [0.1, 0.15) is 12.5 Å². The van der Waals surface area contributed by atoms with E-state index in [1.54, 1.807) is 0 Å². The zero-order valence-electron chi connectivity index (χ0n) is 11.8. The highest BCUT2D eigenvalue weighted by molar-refractivity contribution is 5.98. The molecule has 2 fully saturated rings. The van der Waals surface area contributed by atoms with Crippen LogP contribution in [0.4, 0.5) is 13.2 Å². The van der Waals surface area contributed by atoms with Crippen LogP contribution in [-0.4, -0.2) is 24.0 Å². The molecule has 6 heteroatoms. The molecule has 0 aliphatic heterocycles. The molecule has 3 unspecified atom stereocenters. The molecule has 114 valence electrons. The summed E-state index contributed by atoms with van der Waals surface area (Å²) in [5, 5.41) is 0. The second kappa shape index (κ2) is 4.46. The lowest BCUT2D eigenvalue weighted by Gasteiger charge is -2.38. The van der Waals surface area contributed by atoms with Crippen LogP contribution in [0.25, 0.3) is 0 Å². The summed E-state index contributed by atoms with van der Waals surface area (Å²) in [7, 11) is 0. The maximum Gasteiger partial charge on any atom is 0.450 e. The van der Waals surface area contributed by atoms with Crippen LogP contribution in [0.15, 0.2) is 0 Å². The number of rotatable bonds is 3. The molecule has 0 N–H and O–H groups in total. The van der Waals surface area contributed by atoms with Crippen molar-refractivity contribution in [3.05, 3.63) is 0 Å². The van der Waals surface area contributed by atoms with Crippen LogP contribution in [-0.2, 0) is 14.3 Å². The van der Waals surface area contributed by atoms with Gasteiger partial charge in [-0.2, -0.15) is 13.2 Å². The fourth-order valence-electron chi connectivity index (χ4n) is 3.74. The molecule has 2 saturated carbocycles. The van der Waals surface area contributed by atoms with Crippen molar-refractivity contribution in [3.8, 4) is 0 Å². The minimum atomic E-state index is -4.98. The Hall–Kier alpha value is -1.07. The molecule has 0 spiro atoms. The Kier molecular flexibility index (Phi) is 3.42. The summed E-state index contributed by atoms with van der Waals surface area (Å²) in [6.45, 7) is 6.24. The molecular weight excluding hydrogens is 273 g/mol. The van der Waals surface area contributed by atoms with Crippen LogP contribution in [0.1, 0.15) is 46.5 Å². The lowest BCUT2D eigenvalue weighted by molar-refractivity contribution is -0.177. The second-order valence-electron chi connectivity index (χ2n) is 6.69. The Labute approximate surface area is 115 Å². The number of Topliss-reactive ketones (excluding diaryl/α,β-unsaturated/α-hetero) is 1. The van der Waals surface area contributed by atoms with Crippen LogP contribution < -0.4 is 0 Å². The number of hydrogen-bond donors (Lipinski definition) is 0. The number of carbonyl (C=O) groups is 2. The molecule has 2 bridgehead atoms. The first-order valence-corrected chi connectivity index (χ1v) is 6.78. The first-order valence-electron chi connectivity index (χ1n) is 6.78. The van der Waals surface area contributed by atoms with Gasteiger partial charge in [-0.05, 0) is 30.6 Å². The highest BCUT2D eigenvalue weighted by Crippen LogP contribution is 2.66. The number of halogens is 3. The van der Waals surface area contributed by atoms with Gasteiger partial charge in [-0.15, -0.1) is 0 Å². The van der Waals surface area contributed by atoms with Gasteiger partial charge >= 0.3 is 12.1 Å². The van der Waals surface area contributed by atoms with Crippen molar-refractivity contribution >= 4 is 11.8 Å². The predicted molar refractivity (Wildman–Crippen MR) is 64.8 cm³/mol. The molecule has 0 saturated heterocycles. The summed E-state index contributed by atoms with van der Waals surface area (Å²) in [6, 6.07) is 0. The van der Waals surface area contributed by atoms with E-state index >= 15 is 0 Å². The quantitative estimate of drug-likeness (QED) is 0.592. The van der Waals surface area contributed by atoms with E-state index in [2.05, 4.69) is 13.8 Å². The number of ketones is 1. The standard InChI is InChI=1S/C14H19F3O3/c1-12(2)8-4-5-13(12,3)10(6-8)20-11(19)7-9(18)14(15,16)17/h8,10H,4-7H2,1-3H3. The van der Waals surface area contributed by atoms with E-state index in [0.29, 0.717) is 12.3 Å². The first kappa shape index (κ1) is 15.3. The monoisotopic (exact) mass is 292 g/mol. The largest absolute Gasteiger partial charge is 0.461 e. The van der Waals surface area contributed by atoms with Crippen molar-refractivity contribution in [2.24, 2.45) is 16.7 Å². The molecule has 20 heavy (non-hydrogen) atoms. The zero-order valence-corrected chi connectivity index (χ0v) is 11.8. The summed E-state index contributed by atoms with van der Waals surface area (Å²) in [5.41, 5.74) is -0.208. The van der Waals surface area contributed by atoms with Gasteiger partial charge in [0.05, 0.1) is 0 Å². The maximum atomic E-state index is 12.1. The maximum absolute atomic E-state index is 12.1. The average molecular weight is 292 g/mol. The summed E-state index contributed by atoms with van der Waals surface area (Å²) in [4.78, 5) is 22.3. The van der Waals surface area contributed by atoms with Crippen molar-refractivity contribution in [3.63, 3.8) is 0 Å². The number of fused-ring (bicyclic) bond motifs is 2. The fourth-order valence-corrected chi connectivity index (χ4v) is 3.74. The Balaban J connectivity index is 1.99. The zero-order chi connectivity index (χ0) is 15.3. The summed E-state index contributed by atoms with van der Waals surface area (Å²) in [6.07, 6.45) is -3.95. The Morgan fingerprint density at radius 3 is 2.25 bits per heavy atom. The van der Waals surface area contributed by atoms with E-state index in [-0.39, 0.29) is 16.9 Å². The summed E-state index contributed by atoms with van der Waals surface area (Å²) < 4.78 is 41.5. The minimum Gasteiger partial charge on any atom is -0.461 e. The van der Waals surface area contributed by atoms with Gasteiger partial charge in [-0.3, -0.25) is 9.59 Å². The van der Waals surface area contributed by atoms with Crippen molar-refractivity contribution in [2.75, 3.05) is 0 Å². The van der Waals surface area contributed by atoms with Gasteiger partial charge in [0.25, 0.3) is 0 Å². The van der Waals surface area contributed by atoms with Gasteiger partial charge in [-0.1, -0.05) is 20.8 Å². The first-order chi connectivity index (χ1) is 8.98. The minimum absolute atomic E-state index is 0.00594. The van der Waals surface area contributed by atoms with E-state index in [4.69, 9.17) is 4.74 Å². The van der Waals surface area contributed by atoms with Gasteiger partial charge in [0.2, 0.25) is 5.78 Å². The molecular formula is C14H19F3O3. The molecule has 0 aromatic heterocycles. The second-order valence-corrected chi connectivity index (χ2v) is 6.69. The number of ether oxygens (including phenoxy) is 1. The lowest BCUT2D eigenvalue weighted by Crippen LogP contribution is -2.39. The third-order valence-electron chi connectivity index (χ3n) is 5.61. The number of carbonyl (C=O) groups excluding carboxylic acids is 2. The number of alkyl halides is 3. The van der Waals surface area contributed by atoms with Crippen molar-refractivity contribution in [1.82, 2.24) is 0 Å². The normalized spacial score (nSPS) is 35.1. The molecule has 0 heterocycles. The lowest BCUT2D eigenvalue weighted by atomic mass is 9.70. The van der Waals surface area contributed by atoms with Gasteiger partial charge in [0.15, 0.2) is 0 Å². The third kappa shape index (κ3) is 2.23. The molecule has 0 radical (unpaired) electrons. The smallest absolute Gasteiger partial charge is 0.450 e. The molecule has 3 atom stereocenters. The van der Waals surface area contributed by atoms with Crippen LogP contribution in [0.5, 0.6) is 0 Å². The van der Waals surface area contributed by atoms with Crippen molar-refractivity contribution in [2.45, 2.75) is 58.7 Å². The molecule has 2 rings (SSSR count). The van der Waals surface area contributed by atoms with Crippen LogP contribution in [0.3, 0.4) is 0 Å². The Bertz CT molecular complexity index is 441. The van der Waals surface area contributed by atoms with Crippen molar-refractivity contribution in [1.29, 1.82) is 0 Å². The van der Waals surface area contributed by atoms with Gasteiger partial charge < -0.3 is 4.74 Å². The SMILES string of the molecule is CC1(C)C2CCC1(C)C(OC(=O)CC(=O)C(F)(F)F)C2. The van der Waals surface area contributed by atoms with E-state index in [1.165, 1.54) is 0 Å². The van der Waals surface area contributed by atoms with Crippen LogP contribution >= 0.6 is 0 Å². The average Bonchev–Trinajstić information content (AvgIpc) is 2.60. The Morgan fingerprint density at radius 2 is 1.85 bits per heavy atom.